The Morgan fingerprint density at radius 3 is 1.39 bits per heavy atom. The first kappa shape index (κ1) is 36.0. The fourth-order valence-corrected chi connectivity index (χ4v) is 6.83. The zero-order valence-electron chi connectivity index (χ0n) is 26.3. The summed E-state index contributed by atoms with van der Waals surface area (Å²) in [4.78, 5) is 0. The zero-order chi connectivity index (χ0) is 29.6. The van der Waals surface area contributed by atoms with Gasteiger partial charge in [-0.3, -0.25) is 6.08 Å². The second-order valence-electron chi connectivity index (χ2n) is 12.5. The molecule has 1 fully saturated rings. The van der Waals surface area contributed by atoms with Crippen LogP contribution in [0.4, 0.5) is 0 Å². The van der Waals surface area contributed by atoms with Crippen molar-refractivity contribution in [1.82, 2.24) is 0 Å². The van der Waals surface area contributed by atoms with Gasteiger partial charge in [0.05, 0.1) is 0 Å². The molecular weight excluding hydrogens is 655 g/mol. The Hall–Kier alpha value is -2.44. The van der Waals surface area contributed by atoms with E-state index in [1.54, 1.807) is 27.4 Å². The summed E-state index contributed by atoms with van der Waals surface area (Å²) < 4.78 is 1.79. The molecule has 7 rings (SSSR count). The van der Waals surface area contributed by atoms with Crippen LogP contribution >= 0.6 is 0 Å². The van der Waals surface area contributed by atoms with Crippen LogP contribution in [0.3, 0.4) is 0 Å². The molecule has 0 bridgehead atoms. The van der Waals surface area contributed by atoms with Crippen molar-refractivity contribution in [3.8, 4) is 0 Å². The summed E-state index contributed by atoms with van der Waals surface area (Å²) in [6.07, 6.45) is 15.8. The first-order chi connectivity index (χ1) is 20.3. The van der Waals surface area contributed by atoms with Crippen molar-refractivity contribution in [3.05, 3.63) is 150 Å². The number of fused-ring (bicyclic) bond motifs is 3. The van der Waals surface area contributed by atoms with Crippen LogP contribution < -0.4 is 24.8 Å². The number of hydrogen-bond donors (Lipinski definition) is 0. The normalized spacial score (nSPS) is 13.9. The van der Waals surface area contributed by atoms with Gasteiger partial charge in [0.2, 0.25) is 0 Å². The van der Waals surface area contributed by atoms with E-state index in [1.807, 2.05) is 12.2 Å². The molecule has 0 radical (unpaired) electrons. The van der Waals surface area contributed by atoms with Crippen LogP contribution in [0.15, 0.2) is 121 Å². The van der Waals surface area contributed by atoms with Crippen molar-refractivity contribution in [2.45, 2.75) is 70.6 Å². The van der Waals surface area contributed by atoms with Gasteiger partial charge in [-0.25, -0.2) is 12.2 Å². The molecule has 44 heavy (non-hydrogen) atoms. The fraction of sp³-hybridized carbons (Fsp3) is 0.268. The van der Waals surface area contributed by atoms with E-state index >= 15 is 0 Å². The standard InChI is InChI=1S/C31H29.C5H8.C5H5.2ClH.Zr/c1-30(2,24-11-7-5-8-12-24)26-17-15-22-19-23-16-18-27(21-29(23)28(22)20-26)31(3,4)25-13-9-6-10-14-25;2*1-2-4-5-3-1;;;/h5-21H,1-4H3;1-4H2;1-3H,4H2;2*1H;/q-1;;-1;;;+2/p-2. The molecule has 0 atom stereocenters. The van der Waals surface area contributed by atoms with E-state index in [0.29, 0.717) is 0 Å². The maximum atomic E-state index is 2.99. The summed E-state index contributed by atoms with van der Waals surface area (Å²) in [5.74, 6) is 0. The summed E-state index contributed by atoms with van der Waals surface area (Å²) >= 11 is 1.68. The third kappa shape index (κ3) is 8.43. The van der Waals surface area contributed by atoms with Gasteiger partial charge in [0.1, 0.15) is 0 Å². The number of halogens is 2. The summed E-state index contributed by atoms with van der Waals surface area (Å²) in [5.41, 5.74) is 5.31. The van der Waals surface area contributed by atoms with E-state index in [2.05, 4.69) is 143 Å². The topological polar surface area (TPSA) is 0 Å². The van der Waals surface area contributed by atoms with E-state index in [4.69, 9.17) is 0 Å². The number of rotatable bonds is 4. The van der Waals surface area contributed by atoms with Crippen molar-refractivity contribution in [1.29, 1.82) is 0 Å². The van der Waals surface area contributed by atoms with Gasteiger partial charge < -0.3 is 24.8 Å². The van der Waals surface area contributed by atoms with E-state index in [0.717, 1.165) is 6.42 Å². The number of hydrogen-bond acceptors (Lipinski definition) is 0. The maximum absolute atomic E-state index is 2.99. The first-order valence-electron chi connectivity index (χ1n) is 15.3. The summed E-state index contributed by atoms with van der Waals surface area (Å²) in [5, 5.41) is 5.33. The minimum atomic E-state index is -0.0417. The zero-order valence-corrected chi connectivity index (χ0v) is 30.3. The Bertz CT molecular complexity index is 1580. The van der Waals surface area contributed by atoms with Gasteiger partial charge in [0, 0.05) is 10.8 Å². The van der Waals surface area contributed by atoms with Crippen molar-refractivity contribution < 1.29 is 49.0 Å². The third-order valence-corrected chi connectivity index (χ3v) is 10.2. The molecule has 0 nitrogen and oxygen atoms in total. The molecule has 0 aliphatic heterocycles. The van der Waals surface area contributed by atoms with Crippen molar-refractivity contribution in [2.75, 3.05) is 0 Å². The van der Waals surface area contributed by atoms with E-state index in [1.165, 1.54) is 69.5 Å². The molecule has 0 saturated heterocycles. The van der Waals surface area contributed by atoms with Gasteiger partial charge in [0.15, 0.2) is 0 Å². The molecule has 0 N–H and O–H groups in total. The molecular formula is C41H42Cl2Zr-2. The molecule has 0 amide bonds. The Labute approximate surface area is 292 Å². The molecule has 0 unspecified atom stereocenters. The molecule has 2 aliphatic carbocycles. The first-order valence-corrected chi connectivity index (χ1v) is 16.5. The summed E-state index contributed by atoms with van der Waals surface area (Å²) in [6.45, 7) is 9.27. The van der Waals surface area contributed by atoms with Gasteiger partial charge in [0.25, 0.3) is 0 Å². The summed E-state index contributed by atoms with van der Waals surface area (Å²) in [7, 11) is 0. The van der Waals surface area contributed by atoms with Crippen molar-refractivity contribution in [3.63, 3.8) is 0 Å². The van der Waals surface area contributed by atoms with Gasteiger partial charge in [-0.2, -0.15) is 6.08 Å². The Morgan fingerprint density at radius 1 is 0.614 bits per heavy atom. The van der Waals surface area contributed by atoms with Crippen LogP contribution in [0.2, 0.25) is 0 Å². The van der Waals surface area contributed by atoms with Crippen LogP contribution in [-0.4, -0.2) is 3.21 Å². The Morgan fingerprint density at radius 2 is 1.07 bits per heavy atom. The molecule has 226 valence electrons. The van der Waals surface area contributed by atoms with Crippen LogP contribution in [0.25, 0.3) is 21.5 Å². The monoisotopic (exact) mass is 694 g/mol. The second-order valence-corrected chi connectivity index (χ2v) is 14.3. The molecule has 0 spiro atoms. The van der Waals surface area contributed by atoms with E-state index in [-0.39, 0.29) is 35.6 Å². The minimum absolute atomic E-state index is 0. The predicted octanol–water partition coefficient (Wildman–Crippen LogP) is 4.96. The Kier molecular flexibility index (Phi) is 13.3. The molecule has 0 heterocycles. The number of benzene rings is 4. The van der Waals surface area contributed by atoms with Gasteiger partial charge in [-0.05, 0) is 11.1 Å². The number of allylic oxidation sites excluding steroid dienone is 4. The van der Waals surface area contributed by atoms with Gasteiger partial charge in [-0.1, -0.05) is 124 Å². The predicted molar refractivity (Wildman–Crippen MR) is 179 cm³/mol. The van der Waals surface area contributed by atoms with Crippen molar-refractivity contribution in [2.24, 2.45) is 0 Å². The molecule has 5 aromatic carbocycles. The fourth-order valence-electron chi connectivity index (χ4n) is 5.96. The van der Waals surface area contributed by atoms with Crippen LogP contribution in [0, 0.1) is 6.08 Å². The van der Waals surface area contributed by atoms with Crippen LogP contribution in [0.1, 0.15) is 82.1 Å². The Balaban J connectivity index is 0.000000343. The van der Waals surface area contributed by atoms with E-state index < -0.39 is 0 Å². The van der Waals surface area contributed by atoms with Gasteiger partial charge >= 0.3 is 53.1 Å². The molecule has 1 saturated carbocycles. The quantitative estimate of drug-likeness (QED) is 0.234. The second kappa shape index (κ2) is 16.2. The van der Waals surface area contributed by atoms with Crippen molar-refractivity contribution >= 4 is 24.8 Å². The van der Waals surface area contributed by atoms with Gasteiger partial charge in [-0.15, -0.1) is 46.2 Å². The SMILES string of the molecule is CC(C)(c1ccccc1)c1ccc2[cH-]c3ccc(C(C)(C)c4ccccc4)cc3c2c1.[C-]1=CC=CC1.[Cl-].[Cl-].[Zr+2]=[C]1CCCC1. The third-order valence-electron chi connectivity index (χ3n) is 8.94. The van der Waals surface area contributed by atoms with Crippen LogP contribution in [0.5, 0.6) is 0 Å². The summed E-state index contributed by atoms with van der Waals surface area (Å²) in [6, 6.07) is 37.9. The average Bonchev–Trinajstić information content (AvgIpc) is 3.81. The van der Waals surface area contributed by atoms with E-state index in [9.17, 15) is 0 Å². The molecule has 5 aromatic rings. The average molecular weight is 697 g/mol. The molecule has 0 aromatic heterocycles. The molecule has 2 aliphatic rings. The molecule has 3 heteroatoms. The van der Waals surface area contributed by atoms with Crippen LogP contribution in [-0.2, 0) is 35.1 Å².